The van der Waals surface area contributed by atoms with E-state index < -0.39 is 13.2 Å². The zero-order chi connectivity index (χ0) is 16.5. The predicted molar refractivity (Wildman–Crippen MR) is 82.5 cm³/mol. The van der Waals surface area contributed by atoms with Crippen molar-refractivity contribution in [2.24, 2.45) is 0 Å². The summed E-state index contributed by atoms with van der Waals surface area (Å²) in [6, 6.07) is 5.36. The first kappa shape index (κ1) is 17.0. The minimum Gasteiger partial charge on any atom is -0.444 e. The molecule has 6 nitrogen and oxygen atoms in total. The molecule has 1 aliphatic heterocycles. The Morgan fingerprint density at radius 1 is 1.32 bits per heavy atom. The zero-order valence-corrected chi connectivity index (χ0v) is 14.0. The number of benzene rings is 1. The van der Waals surface area contributed by atoms with Crippen LogP contribution in [-0.4, -0.2) is 32.9 Å². The van der Waals surface area contributed by atoms with Crippen LogP contribution in [0.15, 0.2) is 18.2 Å². The highest BCUT2D eigenvalue weighted by Gasteiger charge is 2.26. The predicted octanol–water partition coefficient (Wildman–Crippen LogP) is 2.66. The first-order valence-electron chi connectivity index (χ1n) is 7.17. The molecule has 1 aromatic rings. The fourth-order valence-electron chi connectivity index (χ4n) is 2.42. The van der Waals surface area contributed by atoms with Gasteiger partial charge in [-0.05, 0) is 43.9 Å². The van der Waals surface area contributed by atoms with E-state index in [0.717, 1.165) is 11.1 Å². The van der Waals surface area contributed by atoms with E-state index in [1.165, 1.54) is 0 Å². The van der Waals surface area contributed by atoms with Crippen molar-refractivity contribution in [3.63, 3.8) is 0 Å². The Hall–Kier alpha value is -1.36. The summed E-state index contributed by atoms with van der Waals surface area (Å²) < 4.78 is 16.4. The van der Waals surface area contributed by atoms with Crippen LogP contribution in [0, 0.1) is 0 Å². The van der Waals surface area contributed by atoms with Crippen molar-refractivity contribution in [3.05, 3.63) is 34.9 Å². The molecule has 22 heavy (non-hydrogen) atoms. The highest BCUT2D eigenvalue weighted by molar-refractivity contribution is 7.50. The van der Waals surface area contributed by atoms with E-state index in [-0.39, 0.29) is 12.3 Å². The highest BCUT2D eigenvalue weighted by Crippen LogP contribution is 2.39. The molecular formula is C15H22NO5P. The smallest absolute Gasteiger partial charge is 0.410 e. The van der Waals surface area contributed by atoms with Crippen LogP contribution in [0.1, 0.15) is 37.5 Å². The maximum Gasteiger partial charge on any atom is 0.410 e. The maximum atomic E-state index is 12.1. The summed E-state index contributed by atoms with van der Waals surface area (Å²) in [5.74, 6) is 0. The van der Waals surface area contributed by atoms with Gasteiger partial charge in [-0.15, -0.1) is 0 Å². The number of rotatable bonds is 2. The van der Waals surface area contributed by atoms with Gasteiger partial charge in [-0.3, -0.25) is 4.57 Å². The summed E-state index contributed by atoms with van der Waals surface area (Å²) >= 11 is 0. The van der Waals surface area contributed by atoms with Gasteiger partial charge < -0.3 is 19.4 Å². The normalized spacial score (nSPS) is 15.4. The number of hydrogen-bond acceptors (Lipinski definition) is 3. The van der Waals surface area contributed by atoms with Gasteiger partial charge in [0.15, 0.2) is 0 Å². The van der Waals surface area contributed by atoms with Gasteiger partial charge in [-0.25, -0.2) is 4.79 Å². The molecule has 0 aliphatic carbocycles. The lowest BCUT2D eigenvalue weighted by molar-refractivity contribution is 0.0224. The topological polar surface area (TPSA) is 87.1 Å². The Bertz CT molecular complexity index is 617. The molecule has 0 saturated carbocycles. The van der Waals surface area contributed by atoms with E-state index in [4.69, 9.17) is 14.5 Å². The van der Waals surface area contributed by atoms with Crippen LogP contribution >= 0.6 is 7.60 Å². The Morgan fingerprint density at radius 3 is 2.59 bits per heavy atom. The summed E-state index contributed by atoms with van der Waals surface area (Å²) in [6.07, 6.45) is 0.0667. The zero-order valence-electron chi connectivity index (χ0n) is 13.1. The lowest BCUT2D eigenvalue weighted by Crippen LogP contribution is -2.39. The van der Waals surface area contributed by atoms with Gasteiger partial charge in [0.1, 0.15) is 5.60 Å². The van der Waals surface area contributed by atoms with Crippen molar-refractivity contribution in [3.8, 4) is 0 Å². The molecule has 2 rings (SSSR count). The fraction of sp³-hybridized carbons (Fsp3) is 0.533. The Labute approximate surface area is 130 Å². The van der Waals surface area contributed by atoms with E-state index in [2.05, 4.69) is 0 Å². The van der Waals surface area contributed by atoms with E-state index in [1.807, 2.05) is 32.9 Å². The first-order valence-corrected chi connectivity index (χ1v) is 8.96. The average Bonchev–Trinajstić information content (AvgIpc) is 2.34. The molecule has 7 heteroatoms. The van der Waals surface area contributed by atoms with Gasteiger partial charge in [0.2, 0.25) is 0 Å². The van der Waals surface area contributed by atoms with Crippen molar-refractivity contribution >= 4 is 13.7 Å². The third-order valence-corrected chi connectivity index (χ3v) is 4.10. The van der Waals surface area contributed by atoms with Gasteiger partial charge in [-0.1, -0.05) is 18.2 Å². The average molecular weight is 327 g/mol. The largest absolute Gasteiger partial charge is 0.444 e. The first-order chi connectivity index (χ1) is 10.0. The minimum absolute atomic E-state index is 0.254. The third-order valence-electron chi connectivity index (χ3n) is 3.32. The molecule has 0 unspecified atom stereocenters. The van der Waals surface area contributed by atoms with E-state index in [1.54, 1.807) is 11.0 Å². The number of carbonyl (C=O) groups excluding carboxylic acids is 1. The van der Waals surface area contributed by atoms with Crippen LogP contribution in [0.4, 0.5) is 4.79 Å². The SMILES string of the molecule is CC(C)(C)OC(=O)N1CCc2cc(CP(=O)(O)O)ccc2C1. The monoisotopic (exact) mass is 327 g/mol. The Balaban J connectivity index is 2.09. The van der Waals surface area contributed by atoms with Gasteiger partial charge in [0.05, 0.1) is 6.16 Å². The van der Waals surface area contributed by atoms with E-state index in [9.17, 15) is 9.36 Å². The molecule has 0 atom stereocenters. The molecule has 1 aromatic carbocycles. The molecule has 0 bridgehead atoms. The molecular weight excluding hydrogens is 305 g/mol. The Morgan fingerprint density at radius 2 is 2.00 bits per heavy atom. The van der Waals surface area contributed by atoms with Crippen LogP contribution in [-0.2, 0) is 28.4 Å². The molecule has 0 fully saturated rings. The summed E-state index contributed by atoms with van der Waals surface area (Å²) in [7, 11) is -4.06. The van der Waals surface area contributed by atoms with Crippen LogP contribution in [0.5, 0.6) is 0 Å². The second-order valence-electron chi connectivity index (χ2n) is 6.58. The van der Waals surface area contributed by atoms with Crippen LogP contribution in [0.25, 0.3) is 0 Å². The van der Waals surface area contributed by atoms with Crippen LogP contribution in [0.2, 0.25) is 0 Å². The fourth-order valence-corrected chi connectivity index (χ4v) is 3.10. The van der Waals surface area contributed by atoms with Gasteiger partial charge in [0.25, 0.3) is 0 Å². The number of nitrogens with zero attached hydrogens (tertiary/aromatic N) is 1. The summed E-state index contributed by atoms with van der Waals surface area (Å²) in [4.78, 5) is 31.8. The quantitative estimate of drug-likeness (QED) is 0.816. The van der Waals surface area contributed by atoms with Gasteiger partial charge >= 0.3 is 13.7 Å². The number of carbonyl (C=O) groups is 1. The number of hydrogen-bond donors (Lipinski definition) is 2. The van der Waals surface area contributed by atoms with Crippen molar-refractivity contribution in [1.29, 1.82) is 0 Å². The molecule has 0 saturated heterocycles. The van der Waals surface area contributed by atoms with Gasteiger partial charge in [0, 0.05) is 13.1 Å². The van der Waals surface area contributed by atoms with Gasteiger partial charge in [-0.2, -0.15) is 0 Å². The molecule has 1 heterocycles. The minimum atomic E-state index is -4.06. The maximum absolute atomic E-state index is 12.1. The second-order valence-corrected chi connectivity index (χ2v) is 8.22. The summed E-state index contributed by atoms with van der Waals surface area (Å²) in [6.45, 7) is 6.49. The van der Waals surface area contributed by atoms with Crippen molar-refractivity contribution in [2.45, 2.75) is 45.5 Å². The summed E-state index contributed by atoms with van der Waals surface area (Å²) in [5, 5.41) is 0. The molecule has 0 spiro atoms. The standard InChI is InChI=1S/C15H22NO5P/c1-15(2,3)21-14(17)16-7-6-12-8-11(10-22(18,19)20)4-5-13(12)9-16/h4-5,8H,6-7,9-10H2,1-3H3,(H2,18,19,20). The van der Waals surface area contributed by atoms with Crippen LogP contribution < -0.4 is 0 Å². The molecule has 0 radical (unpaired) electrons. The molecule has 0 aromatic heterocycles. The second kappa shape index (κ2) is 6.03. The number of fused-ring (bicyclic) bond motifs is 1. The highest BCUT2D eigenvalue weighted by atomic mass is 31.2. The lowest BCUT2D eigenvalue weighted by atomic mass is 9.98. The van der Waals surface area contributed by atoms with Crippen molar-refractivity contribution < 1.29 is 23.9 Å². The van der Waals surface area contributed by atoms with Crippen molar-refractivity contribution in [1.82, 2.24) is 4.90 Å². The number of ether oxygens (including phenoxy) is 1. The lowest BCUT2D eigenvalue weighted by Gasteiger charge is -2.31. The molecule has 1 amide bonds. The molecule has 1 aliphatic rings. The molecule has 122 valence electrons. The van der Waals surface area contributed by atoms with Crippen LogP contribution in [0.3, 0.4) is 0 Å². The Kier molecular flexibility index (Phi) is 4.66. The van der Waals surface area contributed by atoms with Crippen molar-refractivity contribution in [2.75, 3.05) is 6.54 Å². The third kappa shape index (κ3) is 4.83. The summed E-state index contributed by atoms with van der Waals surface area (Å²) in [5.41, 5.74) is 2.13. The van der Waals surface area contributed by atoms with E-state index >= 15 is 0 Å². The van der Waals surface area contributed by atoms with E-state index in [0.29, 0.717) is 25.1 Å². The number of amides is 1. The molecule has 2 N–H and O–H groups in total.